The molecule has 80 valence electrons. The van der Waals surface area contributed by atoms with Gasteiger partial charge in [0.15, 0.2) is 5.12 Å². The number of hydrogen-bond donors (Lipinski definition) is 1. The molecule has 0 aliphatic carbocycles. The third-order valence-corrected chi connectivity index (χ3v) is 2.68. The molecule has 0 atom stereocenters. The van der Waals surface area contributed by atoms with Crippen LogP contribution in [0.3, 0.4) is 0 Å². The summed E-state index contributed by atoms with van der Waals surface area (Å²) >= 11 is 1.16. The summed E-state index contributed by atoms with van der Waals surface area (Å²) in [5.74, 6) is 0.107. The Balaban J connectivity index is 2.28. The summed E-state index contributed by atoms with van der Waals surface area (Å²) in [5, 5.41) is 0.0717. The van der Waals surface area contributed by atoms with E-state index in [4.69, 9.17) is 5.73 Å². The number of amides is 1. The maximum absolute atomic E-state index is 11.4. The average molecular weight is 223 g/mol. The van der Waals surface area contributed by atoms with Gasteiger partial charge in [-0.1, -0.05) is 42.1 Å². The number of carbonyl (C=O) groups excluding carboxylic acids is 2. The van der Waals surface area contributed by atoms with Crippen LogP contribution < -0.4 is 5.73 Å². The van der Waals surface area contributed by atoms with Crippen molar-refractivity contribution in [1.82, 2.24) is 0 Å². The lowest BCUT2D eigenvalue weighted by Crippen LogP contribution is -2.12. The second-order valence-corrected chi connectivity index (χ2v) is 4.25. The van der Waals surface area contributed by atoms with Gasteiger partial charge < -0.3 is 5.73 Å². The maximum Gasteiger partial charge on any atom is 0.218 e. The molecule has 0 fully saturated rings. The van der Waals surface area contributed by atoms with E-state index in [9.17, 15) is 9.59 Å². The number of thioether (sulfide) groups is 1. The second-order valence-electron chi connectivity index (χ2n) is 3.10. The largest absolute Gasteiger partial charge is 0.370 e. The fourth-order valence-electron chi connectivity index (χ4n) is 1.08. The van der Waals surface area contributed by atoms with E-state index < -0.39 is 0 Å². The molecule has 0 unspecified atom stereocenters. The van der Waals surface area contributed by atoms with Gasteiger partial charge in [0.2, 0.25) is 5.91 Å². The van der Waals surface area contributed by atoms with Crippen LogP contribution in [0.15, 0.2) is 30.3 Å². The fraction of sp³-hybridized carbons (Fsp3) is 0.273. The monoisotopic (exact) mass is 223 g/mol. The Labute approximate surface area is 93.0 Å². The summed E-state index contributed by atoms with van der Waals surface area (Å²) in [6, 6.07) is 9.53. The van der Waals surface area contributed by atoms with Gasteiger partial charge in [0.05, 0.1) is 0 Å². The minimum atomic E-state index is -0.366. The molecule has 0 saturated carbocycles. The number of nitrogens with two attached hydrogens (primary N) is 1. The molecule has 0 spiro atoms. The third kappa shape index (κ3) is 5.22. The molecule has 4 heteroatoms. The highest BCUT2D eigenvalue weighted by atomic mass is 32.2. The zero-order chi connectivity index (χ0) is 11.1. The summed E-state index contributed by atoms with van der Waals surface area (Å²) in [6.45, 7) is 0. The van der Waals surface area contributed by atoms with Gasteiger partial charge in [-0.05, 0) is 5.56 Å². The first-order valence-corrected chi connectivity index (χ1v) is 5.65. The zero-order valence-corrected chi connectivity index (χ0v) is 9.13. The Hall–Kier alpha value is -1.29. The van der Waals surface area contributed by atoms with Crippen molar-refractivity contribution in [3.05, 3.63) is 35.9 Å². The number of rotatable bonds is 5. The number of primary amides is 1. The fourth-order valence-corrected chi connectivity index (χ4v) is 1.88. The molecule has 0 saturated heterocycles. The quantitative estimate of drug-likeness (QED) is 0.820. The predicted molar refractivity (Wildman–Crippen MR) is 61.4 cm³/mol. The zero-order valence-electron chi connectivity index (χ0n) is 8.31. The molecule has 0 aliphatic rings. The molecular formula is C11H13NO2S. The molecule has 0 bridgehead atoms. The van der Waals surface area contributed by atoms with Gasteiger partial charge in [-0.25, -0.2) is 0 Å². The van der Waals surface area contributed by atoms with Crippen LogP contribution in [0.5, 0.6) is 0 Å². The van der Waals surface area contributed by atoms with Gasteiger partial charge in [0.1, 0.15) is 0 Å². The van der Waals surface area contributed by atoms with Crippen LogP contribution >= 0.6 is 11.8 Å². The Morgan fingerprint density at radius 1 is 1.20 bits per heavy atom. The summed E-state index contributed by atoms with van der Waals surface area (Å²) in [7, 11) is 0. The average Bonchev–Trinajstić information content (AvgIpc) is 2.18. The van der Waals surface area contributed by atoms with Gasteiger partial charge >= 0.3 is 0 Å². The highest BCUT2D eigenvalue weighted by molar-refractivity contribution is 8.13. The highest BCUT2D eigenvalue weighted by Crippen LogP contribution is 2.09. The van der Waals surface area contributed by atoms with Crippen LogP contribution in [-0.4, -0.2) is 16.8 Å². The van der Waals surface area contributed by atoms with Crippen molar-refractivity contribution in [2.75, 3.05) is 5.75 Å². The molecule has 1 rings (SSSR count). The maximum atomic E-state index is 11.4. The SMILES string of the molecule is NC(=O)CCSC(=O)Cc1ccccc1. The lowest BCUT2D eigenvalue weighted by molar-refractivity contribution is -0.117. The highest BCUT2D eigenvalue weighted by Gasteiger charge is 2.04. The molecule has 1 aromatic carbocycles. The topological polar surface area (TPSA) is 60.2 Å². The Bertz CT molecular complexity index is 338. The first-order chi connectivity index (χ1) is 7.18. The van der Waals surface area contributed by atoms with Gasteiger partial charge in [-0.2, -0.15) is 0 Å². The lowest BCUT2D eigenvalue weighted by atomic mass is 10.2. The van der Waals surface area contributed by atoms with Crippen molar-refractivity contribution in [3.8, 4) is 0 Å². The molecule has 0 radical (unpaired) electrons. The van der Waals surface area contributed by atoms with Crippen molar-refractivity contribution >= 4 is 22.8 Å². The number of carbonyl (C=O) groups is 2. The Kier molecular flexibility index (Phi) is 4.90. The van der Waals surface area contributed by atoms with Gasteiger partial charge in [0.25, 0.3) is 0 Å². The predicted octanol–water partition coefficient (Wildman–Crippen LogP) is 1.36. The summed E-state index contributed by atoms with van der Waals surface area (Å²) in [4.78, 5) is 21.8. The van der Waals surface area contributed by atoms with E-state index in [-0.39, 0.29) is 17.4 Å². The minimum Gasteiger partial charge on any atom is -0.370 e. The van der Waals surface area contributed by atoms with E-state index in [0.717, 1.165) is 17.3 Å². The smallest absolute Gasteiger partial charge is 0.218 e. The van der Waals surface area contributed by atoms with E-state index >= 15 is 0 Å². The first-order valence-electron chi connectivity index (χ1n) is 4.66. The molecule has 0 aromatic heterocycles. The van der Waals surface area contributed by atoms with E-state index in [1.54, 1.807) is 0 Å². The van der Waals surface area contributed by atoms with Crippen molar-refractivity contribution in [2.45, 2.75) is 12.8 Å². The third-order valence-electron chi connectivity index (χ3n) is 1.80. The molecule has 0 heterocycles. The van der Waals surface area contributed by atoms with Crippen molar-refractivity contribution < 1.29 is 9.59 Å². The normalized spacial score (nSPS) is 9.87. The molecule has 15 heavy (non-hydrogen) atoms. The lowest BCUT2D eigenvalue weighted by Gasteiger charge is -1.99. The van der Waals surface area contributed by atoms with Gasteiger partial charge in [0, 0.05) is 18.6 Å². The van der Waals surface area contributed by atoms with Crippen LogP contribution in [0.4, 0.5) is 0 Å². The standard InChI is InChI=1S/C11H13NO2S/c12-10(13)6-7-15-11(14)8-9-4-2-1-3-5-9/h1-5H,6-8H2,(H2,12,13). The first kappa shape index (κ1) is 11.8. The Morgan fingerprint density at radius 2 is 1.87 bits per heavy atom. The van der Waals surface area contributed by atoms with E-state index in [2.05, 4.69) is 0 Å². The van der Waals surface area contributed by atoms with Crippen molar-refractivity contribution in [1.29, 1.82) is 0 Å². The van der Waals surface area contributed by atoms with Crippen molar-refractivity contribution in [2.24, 2.45) is 5.73 Å². The van der Waals surface area contributed by atoms with E-state index in [1.165, 1.54) is 0 Å². The Morgan fingerprint density at radius 3 is 2.47 bits per heavy atom. The number of benzene rings is 1. The summed E-state index contributed by atoms with van der Waals surface area (Å²) in [6.07, 6.45) is 0.662. The molecule has 0 aliphatic heterocycles. The van der Waals surface area contributed by atoms with Crippen LogP contribution in [0.2, 0.25) is 0 Å². The van der Waals surface area contributed by atoms with Crippen LogP contribution in [0.1, 0.15) is 12.0 Å². The van der Waals surface area contributed by atoms with Crippen molar-refractivity contribution in [3.63, 3.8) is 0 Å². The molecule has 1 aromatic rings. The second kappa shape index (κ2) is 6.24. The van der Waals surface area contributed by atoms with Crippen LogP contribution in [0, 0.1) is 0 Å². The van der Waals surface area contributed by atoms with Gasteiger partial charge in [-0.3, -0.25) is 9.59 Å². The van der Waals surface area contributed by atoms with E-state index in [1.807, 2.05) is 30.3 Å². The van der Waals surface area contributed by atoms with Crippen LogP contribution in [0.25, 0.3) is 0 Å². The molecule has 1 amide bonds. The molecule has 2 N–H and O–H groups in total. The molecule has 3 nitrogen and oxygen atoms in total. The minimum absolute atomic E-state index is 0.0717. The van der Waals surface area contributed by atoms with E-state index in [0.29, 0.717) is 12.2 Å². The molecular weight excluding hydrogens is 210 g/mol. The summed E-state index contributed by atoms with van der Waals surface area (Å²) < 4.78 is 0. The van der Waals surface area contributed by atoms with Gasteiger partial charge in [-0.15, -0.1) is 0 Å². The number of hydrogen-bond acceptors (Lipinski definition) is 3. The van der Waals surface area contributed by atoms with Crippen LogP contribution in [-0.2, 0) is 16.0 Å². The summed E-state index contributed by atoms with van der Waals surface area (Å²) in [5.41, 5.74) is 5.96.